The molecule has 6 heteroatoms. The lowest BCUT2D eigenvalue weighted by Gasteiger charge is -2.07. The second-order valence-electron chi connectivity index (χ2n) is 3.55. The zero-order valence-corrected chi connectivity index (χ0v) is 11.2. The van der Waals surface area contributed by atoms with Gasteiger partial charge in [0.15, 0.2) is 0 Å². The minimum atomic E-state index is -0.368. The highest BCUT2D eigenvalue weighted by Gasteiger charge is 2.06. The second-order valence-corrected chi connectivity index (χ2v) is 4.41. The molecule has 1 aromatic heterocycles. The van der Waals surface area contributed by atoms with Crippen molar-refractivity contribution in [2.24, 2.45) is 0 Å². The number of hydrogen-bond donors (Lipinski definition) is 1. The fraction of sp³-hybridized carbons (Fsp3) is 0.167. The van der Waals surface area contributed by atoms with Crippen LogP contribution in [-0.4, -0.2) is 17.0 Å². The first-order valence-corrected chi connectivity index (χ1v) is 6.07. The Morgan fingerprint density at radius 1 is 1.33 bits per heavy atom. The molecule has 0 unspecified atom stereocenters. The van der Waals surface area contributed by atoms with Crippen molar-refractivity contribution in [3.8, 4) is 11.6 Å². The molecule has 0 fully saturated rings. The quantitative estimate of drug-likeness (QED) is 0.943. The van der Waals surface area contributed by atoms with Gasteiger partial charge in [-0.25, -0.2) is 9.37 Å². The van der Waals surface area contributed by atoms with E-state index in [1.165, 1.54) is 18.3 Å². The molecule has 0 spiro atoms. The van der Waals surface area contributed by atoms with Crippen molar-refractivity contribution in [1.82, 2.24) is 15.3 Å². The average molecular weight is 312 g/mol. The topological polar surface area (TPSA) is 47.0 Å². The number of benzene rings is 1. The maximum atomic E-state index is 13.1. The Labute approximate surface area is 112 Å². The molecule has 0 amide bonds. The average Bonchev–Trinajstić information content (AvgIpc) is 2.37. The van der Waals surface area contributed by atoms with Crippen LogP contribution in [0.15, 0.2) is 35.1 Å². The van der Waals surface area contributed by atoms with Crippen molar-refractivity contribution in [3.63, 3.8) is 0 Å². The predicted octanol–water partition coefficient (Wildman–Crippen LogP) is 2.89. The van der Waals surface area contributed by atoms with E-state index in [0.29, 0.717) is 22.6 Å². The number of nitrogens with one attached hydrogen (secondary N) is 1. The third-order valence-corrected chi connectivity index (χ3v) is 2.80. The summed E-state index contributed by atoms with van der Waals surface area (Å²) in [6.45, 7) is 0.636. The number of hydrogen-bond acceptors (Lipinski definition) is 4. The monoisotopic (exact) mass is 311 g/mol. The lowest BCUT2D eigenvalue weighted by molar-refractivity contribution is 0.451. The molecule has 2 aromatic rings. The van der Waals surface area contributed by atoms with Crippen molar-refractivity contribution in [1.29, 1.82) is 0 Å². The van der Waals surface area contributed by atoms with E-state index in [1.54, 1.807) is 12.3 Å². The van der Waals surface area contributed by atoms with Crippen molar-refractivity contribution in [2.75, 3.05) is 7.05 Å². The summed E-state index contributed by atoms with van der Waals surface area (Å²) in [4.78, 5) is 8.25. The first-order chi connectivity index (χ1) is 8.69. The van der Waals surface area contributed by atoms with E-state index in [-0.39, 0.29) is 5.82 Å². The van der Waals surface area contributed by atoms with Crippen LogP contribution < -0.4 is 10.1 Å². The standard InChI is InChI=1S/C12H11BrFN3O/c1-15-5-9-6-17-12(7-16-9)18-11-4-8(14)2-3-10(11)13/h2-4,6-7,15H,5H2,1H3. The molecule has 18 heavy (non-hydrogen) atoms. The number of ether oxygens (including phenoxy) is 1. The van der Waals surface area contributed by atoms with Gasteiger partial charge in [0.25, 0.3) is 0 Å². The summed E-state index contributed by atoms with van der Waals surface area (Å²) in [5.41, 5.74) is 0.808. The largest absolute Gasteiger partial charge is 0.436 e. The molecule has 0 bridgehead atoms. The van der Waals surface area contributed by atoms with E-state index in [4.69, 9.17) is 4.74 Å². The van der Waals surface area contributed by atoms with Gasteiger partial charge in [-0.1, -0.05) is 0 Å². The summed E-state index contributed by atoms with van der Waals surface area (Å²) in [6, 6.07) is 4.21. The van der Waals surface area contributed by atoms with Crippen molar-refractivity contribution in [3.05, 3.63) is 46.6 Å². The molecule has 2 rings (SSSR count). The molecule has 1 N–H and O–H groups in total. The van der Waals surface area contributed by atoms with Gasteiger partial charge in [-0.05, 0) is 35.1 Å². The number of aromatic nitrogens is 2. The van der Waals surface area contributed by atoms with E-state index in [9.17, 15) is 4.39 Å². The van der Waals surface area contributed by atoms with Crippen LogP contribution in [0.2, 0.25) is 0 Å². The van der Waals surface area contributed by atoms with Gasteiger partial charge < -0.3 is 10.1 Å². The molecule has 0 aliphatic heterocycles. The van der Waals surface area contributed by atoms with E-state index in [0.717, 1.165) is 5.69 Å². The summed E-state index contributed by atoms with van der Waals surface area (Å²) < 4.78 is 19.2. The molecule has 1 aromatic carbocycles. The summed E-state index contributed by atoms with van der Waals surface area (Å²) in [5.74, 6) is 0.319. The van der Waals surface area contributed by atoms with Gasteiger partial charge in [0.2, 0.25) is 5.88 Å². The Morgan fingerprint density at radius 3 is 2.83 bits per heavy atom. The van der Waals surface area contributed by atoms with E-state index in [1.807, 2.05) is 7.05 Å². The normalized spacial score (nSPS) is 10.4. The summed E-state index contributed by atoms with van der Waals surface area (Å²) in [7, 11) is 1.83. The van der Waals surface area contributed by atoms with Crippen LogP contribution >= 0.6 is 15.9 Å². The maximum absolute atomic E-state index is 13.1. The zero-order valence-electron chi connectivity index (χ0n) is 9.65. The van der Waals surface area contributed by atoms with Crippen LogP contribution in [0.25, 0.3) is 0 Å². The van der Waals surface area contributed by atoms with Gasteiger partial charge in [-0.3, -0.25) is 4.98 Å². The molecule has 1 heterocycles. The molecular weight excluding hydrogens is 301 g/mol. The third-order valence-electron chi connectivity index (χ3n) is 2.15. The Bertz CT molecular complexity index is 533. The van der Waals surface area contributed by atoms with Gasteiger partial charge in [0.05, 0.1) is 22.6 Å². The third kappa shape index (κ3) is 3.24. The van der Waals surface area contributed by atoms with Gasteiger partial charge in [0, 0.05) is 12.6 Å². The number of nitrogens with zero attached hydrogens (tertiary/aromatic N) is 2. The van der Waals surface area contributed by atoms with Crippen LogP contribution in [0.3, 0.4) is 0 Å². The Hall–Kier alpha value is -1.53. The van der Waals surface area contributed by atoms with Gasteiger partial charge in [0.1, 0.15) is 11.6 Å². The van der Waals surface area contributed by atoms with Crippen molar-refractivity contribution < 1.29 is 9.13 Å². The van der Waals surface area contributed by atoms with Crippen LogP contribution in [-0.2, 0) is 6.54 Å². The molecule has 0 atom stereocenters. The molecule has 0 radical (unpaired) electrons. The first kappa shape index (κ1) is 12.9. The SMILES string of the molecule is CNCc1cnc(Oc2cc(F)ccc2Br)cn1. The van der Waals surface area contributed by atoms with Gasteiger partial charge >= 0.3 is 0 Å². The number of halogens is 2. The fourth-order valence-corrected chi connectivity index (χ4v) is 1.66. The van der Waals surface area contributed by atoms with Gasteiger partial charge in [-0.15, -0.1) is 0 Å². The summed E-state index contributed by atoms with van der Waals surface area (Å²) in [5, 5.41) is 2.97. The fourth-order valence-electron chi connectivity index (χ4n) is 1.34. The smallest absolute Gasteiger partial charge is 0.237 e. The van der Waals surface area contributed by atoms with Crippen LogP contribution in [0.5, 0.6) is 11.6 Å². The minimum absolute atomic E-state index is 0.321. The Morgan fingerprint density at radius 2 is 2.17 bits per heavy atom. The van der Waals surface area contributed by atoms with Crippen LogP contribution in [0.1, 0.15) is 5.69 Å². The molecule has 0 saturated heterocycles. The molecule has 0 saturated carbocycles. The highest BCUT2D eigenvalue weighted by atomic mass is 79.9. The molecule has 0 aliphatic carbocycles. The van der Waals surface area contributed by atoms with Gasteiger partial charge in [-0.2, -0.15) is 0 Å². The van der Waals surface area contributed by atoms with Crippen molar-refractivity contribution >= 4 is 15.9 Å². The molecular formula is C12H11BrFN3O. The summed E-state index contributed by atoms with van der Waals surface area (Å²) in [6.07, 6.45) is 3.11. The van der Waals surface area contributed by atoms with Crippen molar-refractivity contribution in [2.45, 2.75) is 6.54 Å². The maximum Gasteiger partial charge on any atom is 0.237 e. The van der Waals surface area contributed by atoms with E-state index >= 15 is 0 Å². The first-order valence-electron chi connectivity index (χ1n) is 5.27. The summed E-state index contributed by atoms with van der Waals surface area (Å²) >= 11 is 3.28. The Kier molecular flexibility index (Phi) is 4.22. The van der Waals surface area contributed by atoms with E-state index in [2.05, 4.69) is 31.2 Å². The lowest BCUT2D eigenvalue weighted by Crippen LogP contribution is -2.07. The van der Waals surface area contributed by atoms with Crippen LogP contribution in [0.4, 0.5) is 4.39 Å². The van der Waals surface area contributed by atoms with Crippen LogP contribution in [0, 0.1) is 5.82 Å². The molecule has 0 aliphatic rings. The lowest BCUT2D eigenvalue weighted by atomic mass is 10.3. The van der Waals surface area contributed by atoms with E-state index < -0.39 is 0 Å². The molecule has 4 nitrogen and oxygen atoms in total. The predicted molar refractivity (Wildman–Crippen MR) is 69.0 cm³/mol. The highest BCUT2D eigenvalue weighted by Crippen LogP contribution is 2.28. The Balaban J connectivity index is 2.15. The minimum Gasteiger partial charge on any atom is -0.436 e. The molecule has 94 valence electrons. The number of rotatable bonds is 4. The zero-order chi connectivity index (χ0) is 13.0. The highest BCUT2D eigenvalue weighted by molar-refractivity contribution is 9.10. The second kappa shape index (κ2) is 5.88.